The summed E-state index contributed by atoms with van der Waals surface area (Å²) in [5, 5.41) is 21.4. The van der Waals surface area contributed by atoms with Gasteiger partial charge in [0.15, 0.2) is 0 Å². The maximum absolute atomic E-state index is 13.7. The van der Waals surface area contributed by atoms with E-state index in [0.29, 0.717) is 17.0 Å². The zero-order chi connectivity index (χ0) is 26.6. The Morgan fingerprint density at radius 1 is 1.08 bits per heavy atom. The van der Waals surface area contributed by atoms with Crippen LogP contribution in [0.4, 0.5) is 5.69 Å². The number of non-ortho nitro benzene ring substituents is 1. The predicted molar refractivity (Wildman–Crippen MR) is 134 cm³/mol. The lowest BCUT2D eigenvalue weighted by Crippen LogP contribution is -2.38. The average Bonchev–Trinajstić information content (AvgIpc) is 2.83. The van der Waals surface area contributed by atoms with Gasteiger partial charge in [-0.3, -0.25) is 19.9 Å². The Labute approximate surface area is 209 Å². The van der Waals surface area contributed by atoms with Crippen molar-refractivity contribution in [2.75, 3.05) is 7.11 Å². The van der Waals surface area contributed by atoms with Crippen LogP contribution in [0.5, 0.6) is 0 Å². The van der Waals surface area contributed by atoms with E-state index >= 15 is 0 Å². The number of esters is 1. The molecule has 0 bridgehead atoms. The maximum Gasteiger partial charge on any atom is 0.336 e. The largest absolute Gasteiger partial charge is 0.481 e. The minimum Gasteiger partial charge on any atom is -0.481 e. The molecule has 1 N–H and O–H groups in total. The summed E-state index contributed by atoms with van der Waals surface area (Å²) in [5.74, 6) is -4.27. The summed E-state index contributed by atoms with van der Waals surface area (Å²) in [6.45, 7) is 6.98. The number of rotatable bonds is 9. The molecule has 3 unspecified atom stereocenters. The van der Waals surface area contributed by atoms with Crippen molar-refractivity contribution in [1.29, 1.82) is 0 Å². The topological polar surface area (TPSA) is 128 Å². The van der Waals surface area contributed by atoms with E-state index in [1.807, 2.05) is 44.2 Å². The van der Waals surface area contributed by atoms with E-state index in [1.165, 1.54) is 25.3 Å². The van der Waals surface area contributed by atoms with Gasteiger partial charge in [-0.05, 0) is 30.9 Å². The second-order valence-electron chi connectivity index (χ2n) is 9.08. The van der Waals surface area contributed by atoms with E-state index < -0.39 is 40.9 Å². The fourth-order valence-electron chi connectivity index (χ4n) is 4.65. The molecule has 0 aromatic heterocycles. The lowest BCUT2D eigenvalue weighted by atomic mass is 9.75. The number of ether oxygens (including phenoxy) is 2. The molecule has 1 heterocycles. The number of allylic oxidation sites excluding steroid dienone is 1. The highest BCUT2D eigenvalue weighted by molar-refractivity contribution is 6.06. The van der Waals surface area contributed by atoms with E-state index in [2.05, 4.69) is 4.99 Å². The number of hydrogen-bond donors (Lipinski definition) is 1. The third-order valence-corrected chi connectivity index (χ3v) is 6.34. The Morgan fingerprint density at radius 2 is 1.75 bits per heavy atom. The molecule has 36 heavy (non-hydrogen) atoms. The van der Waals surface area contributed by atoms with Gasteiger partial charge >= 0.3 is 11.9 Å². The van der Waals surface area contributed by atoms with Crippen LogP contribution in [0.3, 0.4) is 0 Å². The van der Waals surface area contributed by atoms with Crippen LogP contribution in [0, 0.1) is 22.0 Å². The van der Waals surface area contributed by atoms with Gasteiger partial charge in [-0.1, -0.05) is 56.3 Å². The number of carboxylic acid groups (broad SMARTS) is 1. The molecule has 0 aliphatic carbocycles. The first-order valence-electron chi connectivity index (χ1n) is 11.6. The first-order valence-corrected chi connectivity index (χ1v) is 11.6. The summed E-state index contributed by atoms with van der Waals surface area (Å²) >= 11 is 0. The molecule has 1 aliphatic rings. The number of carbonyl (C=O) groups is 2. The van der Waals surface area contributed by atoms with E-state index in [9.17, 15) is 24.8 Å². The van der Waals surface area contributed by atoms with Gasteiger partial charge in [-0.2, -0.15) is 0 Å². The number of methoxy groups -OCH3 is 1. The number of carbonyl (C=O) groups excluding carboxylic acids is 1. The summed E-state index contributed by atoms with van der Waals surface area (Å²) in [5.41, 5.74) is 1.61. The number of nitro benzene ring substituents is 1. The highest BCUT2D eigenvalue weighted by Crippen LogP contribution is 2.41. The minimum atomic E-state index is -1.19. The van der Waals surface area contributed by atoms with Gasteiger partial charge in [0.2, 0.25) is 0 Å². The van der Waals surface area contributed by atoms with Crippen molar-refractivity contribution < 1.29 is 29.1 Å². The zero-order valence-corrected chi connectivity index (χ0v) is 20.9. The molecule has 2 aromatic carbocycles. The number of nitrogens with zero attached hydrogens (tertiary/aromatic N) is 2. The van der Waals surface area contributed by atoms with Crippen molar-refractivity contribution in [2.24, 2.45) is 16.8 Å². The first kappa shape index (κ1) is 26.7. The molecular formula is C27H30N2O7. The van der Waals surface area contributed by atoms with E-state index in [1.54, 1.807) is 19.9 Å². The standard InChI is InChI=1S/C27H30N2O7/c1-15(2)24(25(35-5)18-10-7-6-8-11-18)36-27(32)22-17(4)28-16(3)21(26(30)31)23(22)19-12-9-13-20(14-19)29(33)34/h6-15,21,23-25H,1-5H3,(H,30,31)/t21?,23?,24?,25-/m0/s1. The number of aliphatic imine (C=N–C) groups is 1. The van der Waals surface area contributed by atoms with Crippen LogP contribution < -0.4 is 0 Å². The summed E-state index contributed by atoms with van der Waals surface area (Å²) in [7, 11) is 1.53. The maximum atomic E-state index is 13.7. The van der Waals surface area contributed by atoms with Crippen LogP contribution >= 0.6 is 0 Å². The SMILES string of the molecule is CO[C@@H](c1ccccc1)C(OC(=O)C1=C(C)N=C(C)C(C(=O)O)C1c1cccc([N+](=O)[O-])c1)C(C)C. The average molecular weight is 495 g/mol. The Hall–Kier alpha value is -3.85. The Kier molecular flexibility index (Phi) is 8.37. The monoisotopic (exact) mass is 494 g/mol. The molecule has 0 fully saturated rings. The van der Waals surface area contributed by atoms with Crippen LogP contribution in [-0.2, 0) is 19.1 Å². The van der Waals surface area contributed by atoms with Gasteiger partial charge in [0, 0.05) is 36.6 Å². The molecule has 0 saturated heterocycles. The van der Waals surface area contributed by atoms with Crippen LogP contribution in [0.2, 0.25) is 0 Å². The number of aliphatic carboxylic acids is 1. The number of hydrogen-bond acceptors (Lipinski definition) is 7. The molecule has 2 aromatic rings. The van der Waals surface area contributed by atoms with Crippen molar-refractivity contribution in [3.05, 3.63) is 87.1 Å². The molecular weight excluding hydrogens is 464 g/mol. The van der Waals surface area contributed by atoms with Gasteiger partial charge in [0.05, 0.1) is 10.5 Å². The number of nitro groups is 1. The molecule has 9 heteroatoms. The van der Waals surface area contributed by atoms with Crippen molar-refractivity contribution in [1.82, 2.24) is 0 Å². The van der Waals surface area contributed by atoms with Gasteiger partial charge in [-0.25, -0.2) is 4.79 Å². The summed E-state index contributed by atoms with van der Waals surface area (Å²) in [6.07, 6.45) is -1.25. The second kappa shape index (κ2) is 11.3. The molecule has 0 radical (unpaired) electrons. The molecule has 0 saturated carbocycles. The van der Waals surface area contributed by atoms with Gasteiger partial charge < -0.3 is 14.6 Å². The van der Waals surface area contributed by atoms with Crippen molar-refractivity contribution >= 4 is 23.3 Å². The first-order chi connectivity index (χ1) is 17.1. The minimum absolute atomic E-state index is 0.0575. The van der Waals surface area contributed by atoms with Crippen molar-refractivity contribution in [3.63, 3.8) is 0 Å². The molecule has 1 aliphatic heterocycles. The fourth-order valence-corrected chi connectivity index (χ4v) is 4.65. The smallest absolute Gasteiger partial charge is 0.336 e. The predicted octanol–water partition coefficient (Wildman–Crippen LogP) is 5.08. The van der Waals surface area contributed by atoms with E-state index in [-0.39, 0.29) is 17.2 Å². The highest BCUT2D eigenvalue weighted by Gasteiger charge is 2.43. The number of carboxylic acids is 1. The third kappa shape index (κ3) is 5.52. The molecule has 4 atom stereocenters. The fraction of sp³-hybridized carbons (Fsp3) is 0.370. The third-order valence-electron chi connectivity index (χ3n) is 6.34. The molecule has 0 spiro atoms. The Morgan fingerprint density at radius 3 is 2.31 bits per heavy atom. The molecule has 3 rings (SSSR count). The summed E-state index contributed by atoms with van der Waals surface area (Å²) < 4.78 is 11.7. The van der Waals surface area contributed by atoms with E-state index in [4.69, 9.17) is 9.47 Å². The zero-order valence-electron chi connectivity index (χ0n) is 20.9. The molecule has 9 nitrogen and oxygen atoms in total. The Balaban J connectivity index is 2.08. The summed E-state index contributed by atoms with van der Waals surface area (Å²) in [4.78, 5) is 41.2. The Bertz CT molecular complexity index is 1200. The molecule has 0 amide bonds. The van der Waals surface area contributed by atoms with Crippen LogP contribution in [0.25, 0.3) is 0 Å². The van der Waals surface area contributed by atoms with E-state index in [0.717, 1.165) is 5.56 Å². The quantitative estimate of drug-likeness (QED) is 0.292. The van der Waals surface area contributed by atoms with Crippen LogP contribution in [-0.4, -0.2) is 40.9 Å². The van der Waals surface area contributed by atoms with Crippen molar-refractivity contribution in [3.8, 4) is 0 Å². The van der Waals surface area contributed by atoms with Gasteiger partial charge in [-0.15, -0.1) is 0 Å². The normalized spacial score (nSPS) is 19.4. The second-order valence-corrected chi connectivity index (χ2v) is 9.08. The molecule has 190 valence electrons. The number of benzene rings is 2. The lowest BCUT2D eigenvalue weighted by Gasteiger charge is -2.33. The van der Waals surface area contributed by atoms with Crippen LogP contribution in [0.1, 0.15) is 50.8 Å². The lowest BCUT2D eigenvalue weighted by molar-refractivity contribution is -0.384. The van der Waals surface area contributed by atoms with Gasteiger partial charge in [0.25, 0.3) is 5.69 Å². The van der Waals surface area contributed by atoms with Crippen molar-refractivity contribution in [2.45, 2.75) is 45.8 Å². The summed E-state index contributed by atoms with van der Waals surface area (Å²) in [6, 6.07) is 15.0. The van der Waals surface area contributed by atoms with Crippen LogP contribution in [0.15, 0.2) is 70.9 Å². The highest BCUT2D eigenvalue weighted by atomic mass is 16.6. The van der Waals surface area contributed by atoms with Gasteiger partial charge in [0.1, 0.15) is 18.1 Å².